The van der Waals surface area contributed by atoms with Crippen molar-refractivity contribution in [3.05, 3.63) is 51.8 Å². The zero-order chi connectivity index (χ0) is 22.5. The maximum absolute atomic E-state index is 12.6. The highest BCUT2D eigenvalue weighted by molar-refractivity contribution is 6.34. The summed E-state index contributed by atoms with van der Waals surface area (Å²) in [5, 5.41) is 9.92. The molecule has 0 radical (unpaired) electrons. The molecule has 31 heavy (non-hydrogen) atoms. The molecule has 0 fully saturated rings. The molecule has 3 rings (SSSR count). The molecule has 0 unspecified atom stereocenters. The number of carbonyl (C=O) groups excluding carboxylic acids is 2. The number of H-pyrrole nitrogens is 1. The SMILES string of the molecule is CCN(CC)CC(=O)Cc1c(C)[nH]c(/C=C2\C(=O)Nc3ccc(COC=N)cc32)c1C. The van der Waals surface area contributed by atoms with E-state index in [1.807, 2.05) is 38.1 Å². The van der Waals surface area contributed by atoms with Crippen molar-refractivity contribution in [3.8, 4) is 0 Å². The van der Waals surface area contributed by atoms with Gasteiger partial charge in [0.25, 0.3) is 5.91 Å². The number of nitrogens with zero attached hydrogens (tertiary/aromatic N) is 1. The van der Waals surface area contributed by atoms with Gasteiger partial charge in [-0.25, -0.2) is 0 Å². The molecule has 3 N–H and O–H groups in total. The Morgan fingerprint density at radius 2 is 1.97 bits per heavy atom. The number of aromatic amines is 1. The predicted octanol–water partition coefficient (Wildman–Crippen LogP) is 3.70. The van der Waals surface area contributed by atoms with E-state index in [4.69, 9.17) is 10.1 Å². The van der Waals surface area contributed by atoms with E-state index in [2.05, 4.69) is 29.0 Å². The number of carbonyl (C=O) groups is 2. The number of aryl methyl sites for hydroxylation is 1. The van der Waals surface area contributed by atoms with E-state index >= 15 is 0 Å². The Morgan fingerprint density at radius 1 is 1.23 bits per heavy atom. The summed E-state index contributed by atoms with van der Waals surface area (Å²) < 4.78 is 5.05. The lowest BCUT2D eigenvalue weighted by molar-refractivity contribution is -0.119. The Kier molecular flexibility index (Phi) is 7.07. The summed E-state index contributed by atoms with van der Waals surface area (Å²) in [6.45, 7) is 10.5. The number of amides is 1. The maximum Gasteiger partial charge on any atom is 0.256 e. The van der Waals surface area contributed by atoms with E-state index in [1.54, 1.807) is 0 Å². The third kappa shape index (κ3) is 4.94. The summed E-state index contributed by atoms with van der Waals surface area (Å²) >= 11 is 0. The molecular weight excluding hydrogens is 392 g/mol. The van der Waals surface area contributed by atoms with E-state index in [-0.39, 0.29) is 18.3 Å². The van der Waals surface area contributed by atoms with Crippen molar-refractivity contribution in [1.82, 2.24) is 9.88 Å². The van der Waals surface area contributed by atoms with Crippen molar-refractivity contribution < 1.29 is 14.3 Å². The second-order valence-corrected chi connectivity index (χ2v) is 7.76. The Bertz CT molecular complexity index is 1030. The van der Waals surface area contributed by atoms with Crippen LogP contribution in [0.2, 0.25) is 0 Å². The first-order valence-electron chi connectivity index (χ1n) is 10.6. The number of rotatable bonds is 10. The molecule has 7 nitrogen and oxygen atoms in total. The second kappa shape index (κ2) is 9.75. The number of nitrogens with one attached hydrogen (secondary N) is 3. The van der Waals surface area contributed by atoms with Crippen molar-refractivity contribution in [2.75, 3.05) is 25.0 Å². The van der Waals surface area contributed by atoms with E-state index in [1.165, 1.54) is 0 Å². The molecule has 7 heteroatoms. The van der Waals surface area contributed by atoms with Gasteiger partial charge in [0.2, 0.25) is 0 Å². The number of fused-ring (bicyclic) bond motifs is 1. The van der Waals surface area contributed by atoms with E-state index in [9.17, 15) is 9.59 Å². The number of benzene rings is 1. The predicted molar refractivity (Wildman–Crippen MR) is 123 cm³/mol. The zero-order valence-electron chi connectivity index (χ0n) is 18.6. The molecule has 1 aliphatic rings. The first-order chi connectivity index (χ1) is 14.9. The van der Waals surface area contributed by atoms with Gasteiger partial charge in [0.1, 0.15) is 6.61 Å². The van der Waals surface area contributed by atoms with E-state index in [0.717, 1.165) is 58.8 Å². The fraction of sp³-hybridized carbons (Fsp3) is 0.375. The van der Waals surface area contributed by atoms with Gasteiger partial charge in [0.15, 0.2) is 12.2 Å². The number of hydrogen-bond donors (Lipinski definition) is 3. The van der Waals surface area contributed by atoms with Gasteiger partial charge in [-0.05, 0) is 61.8 Å². The molecular formula is C24H30N4O3. The average Bonchev–Trinajstić information content (AvgIpc) is 3.20. The van der Waals surface area contributed by atoms with Gasteiger partial charge in [-0.3, -0.25) is 19.9 Å². The monoisotopic (exact) mass is 422 g/mol. The van der Waals surface area contributed by atoms with Gasteiger partial charge in [0, 0.05) is 29.1 Å². The summed E-state index contributed by atoms with van der Waals surface area (Å²) in [5.74, 6) is 0.0267. The first kappa shape index (κ1) is 22.5. The quantitative estimate of drug-likeness (QED) is 0.309. The van der Waals surface area contributed by atoms with Gasteiger partial charge in [-0.2, -0.15) is 0 Å². The molecule has 164 valence electrons. The van der Waals surface area contributed by atoms with Crippen LogP contribution >= 0.6 is 0 Å². The topological polar surface area (TPSA) is 98.3 Å². The summed E-state index contributed by atoms with van der Waals surface area (Å²) in [6.07, 6.45) is 3.13. The standard InChI is InChI=1S/C24H30N4O3/c1-5-28(6-2)12-18(29)10-19-15(3)23(26-16(19)4)11-21-20-9-17(13-31-14-25)7-8-22(20)27-24(21)30/h7-9,11,14,25-26H,5-6,10,12-13H2,1-4H3,(H,27,30)/b21-11-,25-14?. The van der Waals surface area contributed by atoms with Gasteiger partial charge in [0.05, 0.1) is 12.1 Å². The van der Waals surface area contributed by atoms with Crippen LogP contribution in [0.4, 0.5) is 5.69 Å². The molecule has 0 saturated heterocycles. The lowest BCUT2D eigenvalue weighted by Gasteiger charge is -2.16. The van der Waals surface area contributed by atoms with Crippen LogP contribution in [-0.4, -0.2) is 47.6 Å². The Balaban J connectivity index is 1.88. The fourth-order valence-electron chi connectivity index (χ4n) is 3.92. The number of Topliss-reactive ketones (excluding diaryl/α,β-unsaturated/α-hetero) is 1. The maximum atomic E-state index is 12.6. The molecule has 1 amide bonds. The normalized spacial score (nSPS) is 14.1. The van der Waals surface area contributed by atoms with Crippen LogP contribution in [0.3, 0.4) is 0 Å². The van der Waals surface area contributed by atoms with Crippen LogP contribution in [0.5, 0.6) is 0 Å². The molecule has 1 aromatic heterocycles. The summed E-state index contributed by atoms with van der Waals surface area (Å²) in [6, 6.07) is 5.62. The third-order valence-corrected chi connectivity index (χ3v) is 5.79. The Labute approximate surface area is 183 Å². The number of likely N-dealkylation sites (N-methyl/N-ethyl adjacent to an activating group) is 1. The van der Waals surface area contributed by atoms with Crippen LogP contribution in [0.15, 0.2) is 18.2 Å². The average molecular weight is 423 g/mol. The highest BCUT2D eigenvalue weighted by Gasteiger charge is 2.25. The van der Waals surface area contributed by atoms with Crippen LogP contribution in [-0.2, 0) is 27.4 Å². The fourth-order valence-corrected chi connectivity index (χ4v) is 3.92. The summed E-state index contributed by atoms with van der Waals surface area (Å²) in [4.78, 5) is 30.6. The van der Waals surface area contributed by atoms with Crippen molar-refractivity contribution in [1.29, 1.82) is 5.41 Å². The highest BCUT2D eigenvalue weighted by Crippen LogP contribution is 2.35. The Morgan fingerprint density at radius 3 is 2.65 bits per heavy atom. The molecule has 0 aliphatic carbocycles. The molecule has 0 atom stereocenters. The molecule has 1 aromatic carbocycles. The minimum Gasteiger partial charge on any atom is -0.479 e. The van der Waals surface area contributed by atoms with Crippen LogP contribution in [0.25, 0.3) is 11.6 Å². The van der Waals surface area contributed by atoms with Crippen LogP contribution in [0.1, 0.15) is 47.5 Å². The Hall–Kier alpha value is -3.19. The number of ether oxygens (including phenoxy) is 1. The zero-order valence-corrected chi connectivity index (χ0v) is 18.6. The number of hydrogen-bond acceptors (Lipinski definition) is 5. The van der Waals surface area contributed by atoms with Crippen molar-refractivity contribution in [2.45, 2.75) is 40.7 Å². The van der Waals surface area contributed by atoms with Gasteiger partial charge >= 0.3 is 0 Å². The number of ketones is 1. The first-order valence-corrected chi connectivity index (χ1v) is 10.6. The number of aromatic nitrogens is 1. The van der Waals surface area contributed by atoms with E-state index < -0.39 is 0 Å². The second-order valence-electron chi connectivity index (χ2n) is 7.76. The largest absolute Gasteiger partial charge is 0.479 e. The minimum atomic E-state index is -0.161. The third-order valence-electron chi connectivity index (χ3n) is 5.79. The van der Waals surface area contributed by atoms with Gasteiger partial charge in [-0.15, -0.1) is 0 Å². The summed E-state index contributed by atoms with van der Waals surface area (Å²) in [7, 11) is 0. The molecule has 1 aliphatic heterocycles. The molecule has 2 heterocycles. The van der Waals surface area contributed by atoms with Gasteiger partial charge < -0.3 is 15.0 Å². The molecule has 0 spiro atoms. The molecule has 2 aromatic rings. The van der Waals surface area contributed by atoms with Gasteiger partial charge in [-0.1, -0.05) is 19.9 Å². The van der Waals surface area contributed by atoms with Crippen molar-refractivity contribution in [2.24, 2.45) is 0 Å². The molecule has 0 bridgehead atoms. The van der Waals surface area contributed by atoms with E-state index in [0.29, 0.717) is 18.5 Å². The smallest absolute Gasteiger partial charge is 0.256 e. The lowest BCUT2D eigenvalue weighted by atomic mass is 10.0. The summed E-state index contributed by atoms with van der Waals surface area (Å²) in [5.41, 5.74) is 6.78. The minimum absolute atomic E-state index is 0.161. The molecule has 0 saturated carbocycles. The van der Waals surface area contributed by atoms with Crippen LogP contribution < -0.4 is 5.32 Å². The van der Waals surface area contributed by atoms with Crippen molar-refractivity contribution >= 4 is 35.4 Å². The van der Waals surface area contributed by atoms with Crippen molar-refractivity contribution in [3.63, 3.8) is 0 Å². The lowest BCUT2D eigenvalue weighted by Crippen LogP contribution is -2.30. The van der Waals surface area contributed by atoms with Crippen LogP contribution in [0, 0.1) is 19.3 Å². The highest BCUT2D eigenvalue weighted by atomic mass is 16.5. The number of anilines is 1.